The molecule has 0 unspecified atom stereocenters. The maximum absolute atomic E-state index is 12.9. The molecule has 2 N–H and O–H groups in total. The number of nitrogens with zero attached hydrogens (tertiary/aromatic N) is 4. The summed E-state index contributed by atoms with van der Waals surface area (Å²) in [7, 11) is 0. The van der Waals surface area contributed by atoms with Crippen molar-refractivity contribution in [1.29, 1.82) is 0 Å². The van der Waals surface area contributed by atoms with Gasteiger partial charge < -0.3 is 19.9 Å². The van der Waals surface area contributed by atoms with E-state index in [1.165, 1.54) is 23.5 Å². The van der Waals surface area contributed by atoms with Crippen LogP contribution < -0.4 is 10.7 Å². The summed E-state index contributed by atoms with van der Waals surface area (Å²) in [4.78, 5) is 36.3. The van der Waals surface area contributed by atoms with Crippen LogP contribution in [0, 0.1) is 0 Å². The minimum atomic E-state index is -1.29. The second-order valence-electron chi connectivity index (χ2n) is 11.1. The Labute approximate surface area is 250 Å². The fourth-order valence-electron chi connectivity index (χ4n) is 5.80. The van der Waals surface area contributed by atoms with Gasteiger partial charge in [-0.1, -0.05) is 61.5 Å². The summed E-state index contributed by atoms with van der Waals surface area (Å²) < 4.78 is 1.64. The van der Waals surface area contributed by atoms with Crippen molar-refractivity contribution in [3.8, 4) is 5.69 Å². The maximum atomic E-state index is 12.9. The molecule has 1 saturated heterocycles. The van der Waals surface area contributed by atoms with Crippen LogP contribution in [0.4, 0.5) is 11.6 Å². The number of fused-ring (bicyclic) bond motifs is 1. The fourth-order valence-corrected chi connectivity index (χ4v) is 5.80. The van der Waals surface area contributed by atoms with Gasteiger partial charge in [-0.05, 0) is 85.6 Å². The van der Waals surface area contributed by atoms with Gasteiger partial charge >= 0.3 is 5.97 Å². The molecule has 1 aliphatic heterocycles. The molecule has 0 amide bonds. The molecule has 3 heterocycles. The maximum Gasteiger partial charge on any atom is 0.341 e. The number of nitrogens with one attached hydrogen (secondary N) is 1. The number of rotatable bonds is 9. The first-order chi connectivity index (χ1) is 21.0. The van der Waals surface area contributed by atoms with Gasteiger partial charge in [0.2, 0.25) is 11.4 Å². The summed E-state index contributed by atoms with van der Waals surface area (Å²) in [5.74, 6) is -0.421. The number of aromatic nitrogens is 3. The predicted octanol–water partition coefficient (Wildman–Crippen LogP) is 6.21. The third kappa shape index (κ3) is 6.34. The van der Waals surface area contributed by atoms with Crippen LogP contribution in [0.2, 0.25) is 0 Å². The minimum Gasteiger partial charge on any atom is -0.477 e. The zero-order valence-corrected chi connectivity index (χ0v) is 24.2. The average Bonchev–Trinajstić information content (AvgIpc) is 3.05. The number of piperidine rings is 1. The Kier molecular flexibility index (Phi) is 8.29. The molecule has 1 aliphatic rings. The van der Waals surface area contributed by atoms with Gasteiger partial charge in [-0.25, -0.2) is 9.78 Å². The number of hydrogen-bond acceptors (Lipinski definition) is 6. The molecule has 218 valence electrons. The third-order valence-electron chi connectivity index (χ3n) is 8.38. The monoisotopic (exact) mass is 573 g/mol. The lowest BCUT2D eigenvalue weighted by atomic mass is 9.89. The molecule has 6 rings (SSSR count). The first-order valence-corrected chi connectivity index (χ1v) is 14.9. The molecular formula is C35H35N5O3. The number of aryl methyl sites for hydroxylation is 1. The topological polar surface area (TPSA) is 100 Å². The molecule has 43 heavy (non-hydrogen) atoms. The van der Waals surface area contributed by atoms with Crippen molar-refractivity contribution in [1.82, 2.24) is 19.4 Å². The van der Waals surface area contributed by atoms with E-state index in [0.717, 1.165) is 56.6 Å². The zero-order chi connectivity index (χ0) is 29.8. The Hall–Kier alpha value is -4.82. The molecule has 5 aromatic rings. The number of likely N-dealkylation sites (tertiary alicyclic amines) is 1. The van der Waals surface area contributed by atoms with Crippen LogP contribution in [0.3, 0.4) is 0 Å². The van der Waals surface area contributed by atoms with Gasteiger partial charge in [-0.15, -0.1) is 0 Å². The van der Waals surface area contributed by atoms with Crippen molar-refractivity contribution >= 4 is 28.6 Å². The molecule has 8 nitrogen and oxygen atoms in total. The lowest BCUT2D eigenvalue weighted by molar-refractivity contribution is 0.0695. The van der Waals surface area contributed by atoms with E-state index < -0.39 is 11.4 Å². The SMILES string of the molecule is CCc1ccc(-n2cc(C(=O)O)c(=O)c3cnc(Nc4ccc(C5CCN(CCc6ccccc6)CC5)cc4)nc32)cc1. The van der Waals surface area contributed by atoms with E-state index >= 15 is 0 Å². The van der Waals surface area contributed by atoms with Crippen molar-refractivity contribution in [2.75, 3.05) is 25.0 Å². The molecule has 0 bridgehead atoms. The third-order valence-corrected chi connectivity index (χ3v) is 8.38. The second-order valence-corrected chi connectivity index (χ2v) is 11.1. The molecule has 3 aromatic carbocycles. The summed E-state index contributed by atoms with van der Waals surface area (Å²) in [6.07, 6.45) is 7.00. The molecule has 1 fully saturated rings. The van der Waals surface area contributed by atoms with Gasteiger partial charge in [0.1, 0.15) is 5.56 Å². The smallest absolute Gasteiger partial charge is 0.341 e. The summed E-state index contributed by atoms with van der Waals surface area (Å²) in [5.41, 5.74) is 4.84. The van der Waals surface area contributed by atoms with Gasteiger partial charge in [0.05, 0.1) is 5.39 Å². The van der Waals surface area contributed by atoms with Crippen LogP contribution in [0.1, 0.15) is 52.7 Å². The van der Waals surface area contributed by atoms with Crippen molar-refractivity contribution in [2.45, 2.75) is 38.5 Å². The molecule has 0 aliphatic carbocycles. The van der Waals surface area contributed by atoms with Gasteiger partial charge in [0.25, 0.3) is 0 Å². The van der Waals surface area contributed by atoms with Crippen molar-refractivity contribution in [2.24, 2.45) is 0 Å². The normalized spacial score (nSPS) is 14.2. The highest BCUT2D eigenvalue weighted by molar-refractivity contribution is 5.92. The lowest BCUT2D eigenvalue weighted by Crippen LogP contribution is -2.34. The van der Waals surface area contributed by atoms with Crippen LogP contribution in [0.25, 0.3) is 16.7 Å². The highest BCUT2D eigenvalue weighted by Crippen LogP contribution is 2.29. The zero-order valence-electron chi connectivity index (χ0n) is 24.2. The number of pyridine rings is 1. The first kappa shape index (κ1) is 28.3. The summed E-state index contributed by atoms with van der Waals surface area (Å²) in [6, 6.07) is 26.8. The number of anilines is 2. The van der Waals surface area contributed by atoms with Crippen LogP contribution in [0.5, 0.6) is 0 Å². The first-order valence-electron chi connectivity index (χ1n) is 14.9. The summed E-state index contributed by atoms with van der Waals surface area (Å²) in [5, 5.41) is 13.1. The standard InChI is InChI=1S/C35H35N5O3/c1-2-24-8-14-29(15-9-24)40-23-31(34(42)43)32(41)30-22-36-35(38-33(30)40)37-28-12-10-26(11-13-28)27-17-20-39(21-18-27)19-16-25-6-4-3-5-7-25/h3-15,22-23,27H,2,16-21H2,1H3,(H,42,43)(H,36,37,38). The molecule has 0 atom stereocenters. The van der Waals surface area contributed by atoms with Crippen molar-refractivity contribution in [3.63, 3.8) is 0 Å². The van der Waals surface area contributed by atoms with E-state index in [1.807, 2.05) is 36.4 Å². The van der Waals surface area contributed by atoms with Crippen LogP contribution in [-0.4, -0.2) is 50.1 Å². The molecule has 0 saturated carbocycles. The Morgan fingerprint density at radius 1 is 0.953 bits per heavy atom. The van der Waals surface area contributed by atoms with Crippen molar-refractivity contribution in [3.05, 3.63) is 124 Å². The number of aromatic carboxylic acids is 1. The Balaban J connectivity index is 1.17. The predicted molar refractivity (Wildman–Crippen MR) is 170 cm³/mol. The van der Waals surface area contributed by atoms with E-state index in [4.69, 9.17) is 0 Å². The van der Waals surface area contributed by atoms with E-state index in [9.17, 15) is 14.7 Å². The van der Waals surface area contributed by atoms with E-state index in [2.05, 4.69) is 69.6 Å². The molecule has 2 aromatic heterocycles. The van der Waals surface area contributed by atoms with Gasteiger partial charge in [-0.2, -0.15) is 4.98 Å². The highest BCUT2D eigenvalue weighted by Gasteiger charge is 2.21. The lowest BCUT2D eigenvalue weighted by Gasteiger charge is -2.32. The van der Waals surface area contributed by atoms with Crippen LogP contribution >= 0.6 is 0 Å². The number of carboxylic acids is 1. The average molecular weight is 574 g/mol. The Morgan fingerprint density at radius 3 is 2.35 bits per heavy atom. The molecule has 8 heteroatoms. The minimum absolute atomic E-state index is 0.149. The van der Waals surface area contributed by atoms with E-state index in [0.29, 0.717) is 23.2 Å². The molecular weight excluding hydrogens is 538 g/mol. The number of carboxylic acid groups (broad SMARTS) is 1. The largest absolute Gasteiger partial charge is 0.477 e. The highest BCUT2D eigenvalue weighted by atomic mass is 16.4. The Bertz CT molecular complexity index is 1780. The summed E-state index contributed by atoms with van der Waals surface area (Å²) >= 11 is 0. The second kappa shape index (κ2) is 12.6. The van der Waals surface area contributed by atoms with Crippen LogP contribution in [0.15, 0.2) is 96.1 Å². The molecule has 0 spiro atoms. The van der Waals surface area contributed by atoms with Gasteiger partial charge in [0, 0.05) is 30.3 Å². The fraction of sp³-hybridized carbons (Fsp3) is 0.257. The van der Waals surface area contributed by atoms with E-state index in [-0.39, 0.29) is 10.9 Å². The Morgan fingerprint density at radius 2 is 1.67 bits per heavy atom. The summed E-state index contributed by atoms with van der Waals surface area (Å²) in [6.45, 7) is 5.38. The number of carbonyl (C=O) groups is 1. The van der Waals surface area contributed by atoms with Crippen LogP contribution in [-0.2, 0) is 12.8 Å². The quantitative estimate of drug-likeness (QED) is 0.216. The molecule has 0 radical (unpaired) electrons. The van der Waals surface area contributed by atoms with Gasteiger partial charge in [-0.3, -0.25) is 4.79 Å². The van der Waals surface area contributed by atoms with Gasteiger partial charge in [0.15, 0.2) is 5.65 Å². The van der Waals surface area contributed by atoms with E-state index in [1.54, 1.807) is 4.57 Å². The number of hydrogen-bond donors (Lipinski definition) is 2. The number of benzene rings is 3. The van der Waals surface area contributed by atoms with Crippen molar-refractivity contribution < 1.29 is 9.90 Å².